The van der Waals surface area contributed by atoms with Crippen LogP contribution in [0.2, 0.25) is 0 Å². The number of likely N-dealkylation sites (N-methyl/N-ethyl adjacent to an activating group) is 1. The van der Waals surface area contributed by atoms with Crippen LogP contribution < -0.4 is 4.90 Å². The summed E-state index contributed by atoms with van der Waals surface area (Å²) in [7, 11) is 2.18. The van der Waals surface area contributed by atoms with E-state index in [1.165, 1.54) is 5.69 Å². The number of hydrogen-bond acceptors (Lipinski definition) is 4. The first-order chi connectivity index (χ1) is 12.7. The highest BCUT2D eigenvalue weighted by Crippen LogP contribution is 2.26. The van der Waals surface area contributed by atoms with Gasteiger partial charge in [0, 0.05) is 43.0 Å². The molecule has 0 amide bonds. The number of aryl methyl sites for hydroxylation is 1. The quantitative estimate of drug-likeness (QED) is 0.722. The van der Waals surface area contributed by atoms with Gasteiger partial charge in [-0.2, -0.15) is 0 Å². The van der Waals surface area contributed by atoms with Gasteiger partial charge in [-0.15, -0.1) is 0 Å². The van der Waals surface area contributed by atoms with Crippen LogP contribution in [0.25, 0.3) is 22.5 Å². The van der Waals surface area contributed by atoms with Crippen molar-refractivity contribution in [1.82, 2.24) is 14.9 Å². The summed E-state index contributed by atoms with van der Waals surface area (Å²) in [6, 6.07) is 21.1. The molecule has 1 fully saturated rings. The molecule has 4 heteroatoms. The summed E-state index contributed by atoms with van der Waals surface area (Å²) in [6.07, 6.45) is 0. The molecule has 1 aliphatic heterocycles. The van der Waals surface area contributed by atoms with Crippen molar-refractivity contribution in [3.05, 3.63) is 66.5 Å². The van der Waals surface area contributed by atoms with Crippen LogP contribution in [0.5, 0.6) is 0 Å². The van der Waals surface area contributed by atoms with Crippen LogP contribution >= 0.6 is 0 Å². The third-order valence-corrected chi connectivity index (χ3v) is 4.94. The van der Waals surface area contributed by atoms with Crippen LogP contribution in [-0.4, -0.2) is 48.1 Å². The zero-order chi connectivity index (χ0) is 17.9. The lowest BCUT2D eigenvalue weighted by molar-refractivity contribution is 0.313. The van der Waals surface area contributed by atoms with Gasteiger partial charge in [0.2, 0.25) is 0 Å². The van der Waals surface area contributed by atoms with Crippen molar-refractivity contribution < 1.29 is 0 Å². The van der Waals surface area contributed by atoms with Crippen molar-refractivity contribution in [2.24, 2.45) is 0 Å². The fourth-order valence-corrected chi connectivity index (χ4v) is 3.38. The van der Waals surface area contributed by atoms with Gasteiger partial charge in [0.25, 0.3) is 0 Å². The monoisotopic (exact) mass is 344 g/mol. The number of aromatic nitrogens is 2. The Balaban J connectivity index is 1.60. The van der Waals surface area contributed by atoms with Gasteiger partial charge in [0.1, 0.15) is 5.82 Å². The molecule has 1 aliphatic rings. The molecule has 0 bridgehead atoms. The van der Waals surface area contributed by atoms with E-state index in [-0.39, 0.29) is 0 Å². The summed E-state index contributed by atoms with van der Waals surface area (Å²) >= 11 is 0. The average Bonchev–Trinajstić information content (AvgIpc) is 2.69. The predicted octanol–water partition coefficient (Wildman–Crippen LogP) is 3.87. The summed E-state index contributed by atoms with van der Waals surface area (Å²) in [5.41, 5.74) is 5.48. The number of piperazine rings is 1. The van der Waals surface area contributed by atoms with Gasteiger partial charge in [-0.25, -0.2) is 9.97 Å². The normalized spacial score (nSPS) is 15.2. The number of benzene rings is 2. The van der Waals surface area contributed by atoms with E-state index in [2.05, 4.69) is 69.3 Å². The SMILES string of the molecule is Cc1nc(-c2ccccc2)cc(-c2ccc(N3CCN(C)CC3)cc2)n1. The first-order valence-electron chi connectivity index (χ1n) is 9.14. The van der Waals surface area contributed by atoms with Crippen molar-refractivity contribution in [2.75, 3.05) is 38.1 Å². The fraction of sp³-hybridized carbons (Fsp3) is 0.273. The lowest BCUT2D eigenvalue weighted by Gasteiger charge is -2.34. The maximum atomic E-state index is 4.65. The molecule has 1 aromatic heterocycles. The smallest absolute Gasteiger partial charge is 0.126 e. The molecule has 0 aliphatic carbocycles. The largest absolute Gasteiger partial charge is 0.369 e. The summed E-state index contributed by atoms with van der Waals surface area (Å²) < 4.78 is 0. The van der Waals surface area contributed by atoms with Gasteiger partial charge < -0.3 is 9.80 Å². The Labute approximate surface area is 155 Å². The van der Waals surface area contributed by atoms with Crippen LogP contribution in [0.1, 0.15) is 5.82 Å². The van der Waals surface area contributed by atoms with Gasteiger partial charge in [0.15, 0.2) is 0 Å². The molecule has 0 atom stereocenters. The van der Waals surface area contributed by atoms with Crippen LogP contribution in [-0.2, 0) is 0 Å². The molecule has 0 saturated carbocycles. The minimum Gasteiger partial charge on any atom is -0.369 e. The van der Waals surface area contributed by atoms with Gasteiger partial charge in [-0.3, -0.25) is 0 Å². The second-order valence-electron chi connectivity index (χ2n) is 6.89. The third kappa shape index (κ3) is 3.60. The van der Waals surface area contributed by atoms with Crippen LogP contribution in [0.15, 0.2) is 60.7 Å². The molecule has 2 heterocycles. The molecule has 2 aromatic carbocycles. The minimum absolute atomic E-state index is 0.796. The summed E-state index contributed by atoms with van der Waals surface area (Å²) in [6.45, 7) is 6.36. The van der Waals surface area contributed by atoms with Gasteiger partial charge in [-0.05, 0) is 32.2 Å². The summed E-state index contributed by atoms with van der Waals surface area (Å²) in [5, 5.41) is 0. The maximum Gasteiger partial charge on any atom is 0.126 e. The third-order valence-electron chi connectivity index (χ3n) is 4.94. The molecule has 1 saturated heterocycles. The Hall–Kier alpha value is -2.72. The van der Waals surface area contributed by atoms with E-state index in [0.717, 1.165) is 54.5 Å². The highest BCUT2D eigenvalue weighted by atomic mass is 15.2. The molecule has 4 nitrogen and oxygen atoms in total. The Bertz CT molecular complexity index is 866. The molecule has 0 radical (unpaired) electrons. The zero-order valence-electron chi connectivity index (χ0n) is 15.4. The number of hydrogen-bond donors (Lipinski definition) is 0. The van der Waals surface area contributed by atoms with Crippen molar-refractivity contribution in [3.63, 3.8) is 0 Å². The predicted molar refractivity (Wildman–Crippen MR) is 107 cm³/mol. The molecular weight excluding hydrogens is 320 g/mol. The molecule has 0 unspecified atom stereocenters. The summed E-state index contributed by atoms with van der Waals surface area (Å²) in [5.74, 6) is 0.796. The van der Waals surface area contributed by atoms with E-state index in [1.807, 2.05) is 25.1 Å². The average molecular weight is 344 g/mol. The minimum atomic E-state index is 0.796. The van der Waals surface area contributed by atoms with E-state index in [0.29, 0.717) is 0 Å². The van der Waals surface area contributed by atoms with Gasteiger partial charge in [-0.1, -0.05) is 42.5 Å². The molecule has 26 heavy (non-hydrogen) atoms. The highest BCUT2D eigenvalue weighted by molar-refractivity contribution is 5.69. The fourth-order valence-electron chi connectivity index (χ4n) is 3.38. The number of anilines is 1. The molecular formula is C22H24N4. The van der Waals surface area contributed by atoms with Crippen LogP contribution in [0.4, 0.5) is 5.69 Å². The maximum absolute atomic E-state index is 4.65. The van der Waals surface area contributed by atoms with Crippen molar-refractivity contribution in [1.29, 1.82) is 0 Å². The summed E-state index contributed by atoms with van der Waals surface area (Å²) in [4.78, 5) is 14.1. The van der Waals surface area contributed by atoms with Crippen LogP contribution in [0, 0.1) is 6.92 Å². The molecule has 0 spiro atoms. The van der Waals surface area contributed by atoms with E-state index < -0.39 is 0 Å². The van der Waals surface area contributed by atoms with E-state index in [9.17, 15) is 0 Å². The van der Waals surface area contributed by atoms with E-state index >= 15 is 0 Å². The van der Waals surface area contributed by atoms with E-state index in [4.69, 9.17) is 0 Å². The first-order valence-corrected chi connectivity index (χ1v) is 9.14. The van der Waals surface area contributed by atoms with Crippen molar-refractivity contribution >= 4 is 5.69 Å². The molecule has 132 valence electrons. The molecule has 4 rings (SSSR count). The zero-order valence-corrected chi connectivity index (χ0v) is 15.4. The lowest BCUT2D eigenvalue weighted by atomic mass is 10.1. The topological polar surface area (TPSA) is 32.3 Å². The molecule has 3 aromatic rings. The van der Waals surface area contributed by atoms with E-state index in [1.54, 1.807) is 0 Å². The standard InChI is InChI=1S/C22H24N4/c1-17-23-21(18-6-4-3-5-7-18)16-22(24-17)19-8-10-20(11-9-19)26-14-12-25(2)13-15-26/h3-11,16H,12-15H2,1-2H3. The second kappa shape index (κ2) is 7.26. The lowest BCUT2D eigenvalue weighted by Crippen LogP contribution is -2.44. The number of rotatable bonds is 3. The second-order valence-corrected chi connectivity index (χ2v) is 6.89. The highest BCUT2D eigenvalue weighted by Gasteiger charge is 2.14. The Morgan fingerprint density at radius 1 is 0.731 bits per heavy atom. The van der Waals surface area contributed by atoms with Crippen molar-refractivity contribution in [2.45, 2.75) is 6.92 Å². The van der Waals surface area contributed by atoms with Crippen LogP contribution in [0.3, 0.4) is 0 Å². The first kappa shape index (κ1) is 16.7. The Morgan fingerprint density at radius 2 is 1.31 bits per heavy atom. The van der Waals surface area contributed by atoms with Gasteiger partial charge >= 0.3 is 0 Å². The number of nitrogens with zero attached hydrogens (tertiary/aromatic N) is 4. The van der Waals surface area contributed by atoms with Gasteiger partial charge in [0.05, 0.1) is 11.4 Å². The Kier molecular flexibility index (Phi) is 4.67. The molecule has 0 N–H and O–H groups in total. The van der Waals surface area contributed by atoms with Crippen molar-refractivity contribution in [3.8, 4) is 22.5 Å². The Morgan fingerprint density at radius 3 is 1.92 bits per heavy atom.